The predicted octanol–water partition coefficient (Wildman–Crippen LogP) is 6.44. The van der Waals surface area contributed by atoms with Crippen molar-refractivity contribution in [1.82, 2.24) is 4.90 Å². The average molecular weight is 683 g/mol. The highest BCUT2D eigenvalue weighted by atomic mass is 127. The van der Waals surface area contributed by atoms with Crippen LogP contribution in [0.15, 0.2) is 65.0 Å². The molecule has 1 amide bonds. The molecule has 0 bridgehead atoms. The smallest absolute Gasteiger partial charge is 0.255 e. The monoisotopic (exact) mass is 682 g/mol. The number of hydrogen-bond donors (Lipinski definition) is 1. The minimum atomic E-state index is -0.585. The molecule has 1 heterocycles. The summed E-state index contributed by atoms with van der Waals surface area (Å²) in [6.45, 7) is 11.1. The van der Waals surface area contributed by atoms with Gasteiger partial charge in [-0.3, -0.25) is 14.4 Å². The number of carbonyl (C=O) groups is 3. The lowest BCUT2D eigenvalue weighted by atomic mass is 9.63. The van der Waals surface area contributed by atoms with E-state index in [0.717, 1.165) is 38.9 Å². The quantitative estimate of drug-likeness (QED) is 0.322. The van der Waals surface area contributed by atoms with Crippen LogP contribution in [0, 0.1) is 14.4 Å². The molecule has 0 fully saturated rings. The van der Waals surface area contributed by atoms with E-state index in [9.17, 15) is 14.4 Å². The summed E-state index contributed by atoms with van der Waals surface area (Å²) in [6.07, 6.45) is 2.30. The van der Waals surface area contributed by atoms with E-state index in [1.807, 2.05) is 37.3 Å². The zero-order chi connectivity index (χ0) is 30.4. The predicted molar refractivity (Wildman–Crippen MR) is 170 cm³/mol. The largest absolute Gasteiger partial charge is 0.490 e. The van der Waals surface area contributed by atoms with Crippen LogP contribution < -0.4 is 15.2 Å². The Morgan fingerprint density at radius 1 is 0.929 bits per heavy atom. The molecule has 0 radical (unpaired) electrons. The molecular formula is C34H39IN2O5. The number of Topliss-reactive ketones (excluding diaryl/α,β-unsaturated/α-hetero) is 2. The Kier molecular flexibility index (Phi) is 8.31. The number of amides is 1. The highest BCUT2D eigenvalue weighted by Crippen LogP contribution is 2.55. The Bertz CT molecular complexity index is 1450. The molecule has 1 aliphatic heterocycles. The van der Waals surface area contributed by atoms with Gasteiger partial charge in [-0.1, -0.05) is 58.0 Å². The molecule has 7 nitrogen and oxygen atoms in total. The molecule has 2 aliphatic carbocycles. The first-order valence-electron chi connectivity index (χ1n) is 14.5. The van der Waals surface area contributed by atoms with Crippen LogP contribution >= 0.6 is 22.6 Å². The lowest BCUT2D eigenvalue weighted by molar-refractivity contribution is -0.121. The molecule has 8 heteroatoms. The fraction of sp³-hybridized carbons (Fsp3) is 0.441. The van der Waals surface area contributed by atoms with Crippen molar-refractivity contribution in [1.29, 1.82) is 0 Å². The van der Waals surface area contributed by atoms with Crippen molar-refractivity contribution >= 4 is 40.1 Å². The molecule has 0 atom stereocenters. The number of carbonyl (C=O) groups excluding carboxylic acids is 3. The topological polar surface area (TPSA) is 98.9 Å². The molecule has 222 valence electrons. The molecule has 0 spiro atoms. The van der Waals surface area contributed by atoms with Crippen molar-refractivity contribution < 1.29 is 23.9 Å². The van der Waals surface area contributed by atoms with Gasteiger partial charge in [-0.05, 0) is 76.4 Å². The highest BCUT2D eigenvalue weighted by molar-refractivity contribution is 14.1. The van der Waals surface area contributed by atoms with Gasteiger partial charge in [0.05, 0.1) is 10.2 Å². The van der Waals surface area contributed by atoms with Crippen molar-refractivity contribution in [3.05, 3.63) is 79.7 Å². The molecule has 0 saturated carbocycles. The Hall–Kier alpha value is -3.14. The maximum Gasteiger partial charge on any atom is 0.255 e. The van der Waals surface area contributed by atoms with Crippen LogP contribution in [0.1, 0.15) is 77.3 Å². The second-order valence-corrected chi connectivity index (χ2v) is 14.3. The second-order valence-electron chi connectivity index (χ2n) is 13.1. The number of allylic oxidation sites excluding steroid dienone is 4. The van der Waals surface area contributed by atoms with E-state index >= 15 is 0 Å². The normalized spacial score (nSPS) is 19.9. The minimum absolute atomic E-state index is 0.0792. The maximum absolute atomic E-state index is 14.1. The van der Waals surface area contributed by atoms with Crippen LogP contribution in [-0.2, 0) is 20.9 Å². The van der Waals surface area contributed by atoms with E-state index in [1.54, 1.807) is 0 Å². The number of nitrogens with two attached hydrogens (primary N) is 1. The third-order valence-electron chi connectivity index (χ3n) is 8.23. The first kappa shape index (κ1) is 30.3. The number of rotatable bonds is 8. The highest BCUT2D eigenvalue weighted by Gasteiger charge is 2.49. The zero-order valence-electron chi connectivity index (χ0n) is 25.0. The van der Waals surface area contributed by atoms with Crippen LogP contribution in [0.4, 0.5) is 0 Å². The van der Waals surface area contributed by atoms with Gasteiger partial charge >= 0.3 is 0 Å². The molecule has 5 rings (SSSR count). The summed E-state index contributed by atoms with van der Waals surface area (Å²) >= 11 is 2.16. The van der Waals surface area contributed by atoms with E-state index in [4.69, 9.17) is 15.2 Å². The van der Waals surface area contributed by atoms with Crippen LogP contribution in [-0.4, -0.2) is 35.6 Å². The average Bonchev–Trinajstić information content (AvgIpc) is 2.88. The number of benzene rings is 2. The van der Waals surface area contributed by atoms with Gasteiger partial charge in [0.25, 0.3) is 5.91 Å². The molecule has 0 saturated heterocycles. The standard InChI is InChI=1S/C34H39IN2O5/c1-6-41-27-13-21(12-22(35)32(27)42-19-28(36)40)29-30-23(14-33(2,3)16-25(30)38)37(18-20-10-8-7-9-11-20)24-15-34(4,5)17-26(39)31(24)29/h7-13,29H,6,14-19H2,1-5H3,(H2,36,40). The van der Waals surface area contributed by atoms with Crippen molar-refractivity contribution in [3.8, 4) is 11.5 Å². The van der Waals surface area contributed by atoms with Gasteiger partial charge in [0.2, 0.25) is 0 Å². The van der Waals surface area contributed by atoms with E-state index in [-0.39, 0.29) is 29.0 Å². The number of halogens is 1. The van der Waals surface area contributed by atoms with E-state index < -0.39 is 11.8 Å². The molecule has 3 aliphatic rings. The van der Waals surface area contributed by atoms with Gasteiger partial charge in [0, 0.05) is 47.8 Å². The van der Waals surface area contributed by atoms with Gasteiger partial charge in [0.1, 0.15) is 0 Å². The number of hydrogen-bond acceptors (Lipinski definition) is 6. The van der Waals surface area contributed by atoms with Gasteiger partial charge in [-0.15, -0.1) is 0 Å². The Morgan fingerprint density at radius 2 is 1.50 bits per heavy atom. The van der Waals surface area contributed by atoms with Gasteiger partial charge < -0.3 is 20.1 Å². The SMILES string of the molecule is CCOc1cc(C2C3=C(CC(C)(C)CC3=O)N(Cc3ccccc3)C3=C2C(=O)CC(C)(C)C3)cc(I)c1OCC(N)=O. The number of ether oxygens (including phenoxy) is 2. The van der Waals surface area contributed by atoms with Crippen molar-refractivity contribution in [2.75, 3.05) is 13.2 Å². The summed E-state index contributed by atoms with van der Waals surface area (Å²) in [7, 11) is 0. The molecular weight excluding hydrogens is 643 g/mol. The molecule has 2 N–H and O–H groups in total. The summed E-state index contributed by atoms with van der Waals surface area (Å²) in [4.78, 5) is 42.1. The number of ketones is 2. The maximum atomic E-state index is 14.1. The fourth-order valence-electron chi connectivity index (χ4n) is 6.64. The minimum Gasteiger partial charge on any atom is -0.490 e. The first-order valence-corrected chi connectivity index (χ1v) is 15.6. The summed E-state index contributed by atoms with van der Waals surface area (Å²) in [5.74, 6) is -0.0438. The Morgan fingerprint density at radius 3 is 2.02 bits per heavy atom. The van der Waals surface area contributed by atoms with Crippen molar-refractivity contribution in [2.45, 2.75) is 72.8 Å². The van der Waals surface area contributed by atoms with Crippen molar-refractivity contribution in [3.63, 3.8) is 0 Å². The van der Waals surface area contributed by atoms with E-state index in [0.29, 0.717) is 48.6 Å². The summed E-state index contributed by atoms with van der Waals surface area (Å²) in [6, 6.07) is 14.1. The third kappa shape index (κ3) is 6.00. The van der Waals surface area contributed by atoms with E-state index in [1.165, 1.54) is 0 Å². The summed E-state index contributed by atoms with van der Waals surface area (Å²) < 4.78 is 12.4. The Balaban J connectivity index is 1.75. The summed E-state index contributed by atoms with van der Waals surface area (Å²) in [5.41, 5.74) is 10.3. The van der Waals surface area contributed by atoms with Crippen LogP contribution in [0.2, 0.25) is 0 Å². The fourth-order valence-corrected chi connectivity index (χ4v) is 7.42. The van der Waals surface area contributed by atoms with Crippen molar-refractivity contribution in [2.24, 2.45) is 16.6 Å². The van der Waals surface area contributed by atoms with Gasteiger partial charge in [-0.2, -0.15) is 0 Å². The molecule has 0 aromatic heterocycles. The third-order valence-corrected chi connectivity index (χ3v) is 9.03. The first-order chi connectivity index (χ1) is 19.8. The molecule has 42 heavy (non-hydrogen) atoms. The number of primary amides is 1. The zero-order valence-corrected chi connectivity index (χ0v) is 27.2. The van der Waals surface area contributed by atoms with Gasteiger partial charge in [-0.25, -0.2) is 0 Å². The van der Waals surface area contributed by atoms with Crippen LogP contribution in [0.5, 0.6) is 11.5 Å². The molecule has 2 aromatic carbocycles. The van der Waals surface area contributed by atoms with Gasteiger partial charge in [0.15, 0.2) is 29.7 Å². The van der Waals surface area contributed by atoms with Crippen LogP contribution in [0.25, 0.3) is 0 Å². The Labute approximate surface area is 261 Å². The molecule has 2 aromatic rings. The number of nitrogens with zero attached hydrogens (tertiary/aromatic N) is 1. The molecule has 0 unspecified atom stereocenters. The summed E-state index contributed by atoms with van der Waals surface area (Å²) in [5, 5.41) is 0. The lowest BCUT2D eigenvalue weighted by Gasteiger charge is -2.49. The van der Waals surface area contributed by atoms with E-state index in [2.05, 4.69) is 67.3 Å². The second kappa shape index (κ2) is 11.5. The lowest BCUT2D eigenvalue weighted by Crippen LogP contribution is -2.44. The van der Waals surface area contributed by atoms with Crippen LogP contribution in [0.3, 0.4) is 0 Å².